The normalized spacial score (nSPS) is 31.0. The van der Waals surface area contributed by atoms with Gasteiger partial charge in [0.1, 0.15) is 0 Å². The summed E-state index contributed by atoms with van der Waals surface area (Å²) in [6.45, 7) is 6.96. The van der Waals surface area contributed by atoms with Gasteiger partial charge in [-0.3, -0.25) is 0 Å². The van der Waals surface area contributed by atoms with Crippen molar-refractivity contribution in [2.75, 3.05) is 13.7 Å². The molecule has 1 aliphatic rings. The first-order chi connectivity index (χ1) is 7.10. The van der Waals surface area contributed by atoms with Gasteiger partial charge in [0.25, 0.3) is 0 Å². The summed E-state index contributed by atoms with van der Waals surface area (Å²) >= 11 is 0. The Hall–Kier alpha value is -0.120. The van der Waals surface area contributed by atoms with Crippen LogP contribution in [0.3, 0.4) is 0 Å². The lowest BCUT2D eigenvalue weighted by Crippen LogP contribution is -2.63. The van der Waals surface area contributed by atoms with E-state index < -0.39 is 0 Å². The highest BCUT2D eigenvalue weighted by Gasteiger charge is 2.52. The molecule has 3 nitrogen and oxygen atoms in total. The van der Waals surface area contributed by atoms with Gasteiger partial charge in [-0.2, -0.15) is 0 Å². The van der Waals surface area contributed by atoms with Gasteiger partial charge in [-0.15, -0.1) is 0 Å². The molecule has 2 N–H and O–H groups in total. The van der Waals surface area contributed by atoms with Crippen molar-refractivity contribution in [2.24, 2.45) is 5.41 Å². The number of hydrogen-bond acceptors (Lipinski definition) is 3. The van der Waals surface area contributed by atoms with Crippen molar-refractivity contribution in [3.8, 4) is 0 Å². The number of ether oxygens (including phenoxy) is 1. The molecule has 0 bridgehead atoms. The molecule has 1 aliphatic carbocycles. The van der Waals surface area contributed by atoms with E-state index in [0.717, 1.165) is 19.3 Å². The molecule has 0 aromatic rings. The molecule has 0 radical (unpaired) electrons. The number of aliphatic hydroxyl groups excluding tert-OH is 1. The SMILES string of the molecule is CCC1(CC)[C@@H](OC)C[C@H]1NC[C@H](C)O. The summed E-state index contributed by atoms with van der Waals surface area (Å²) in [5, 5.41) is 12.7. The van der Waals surface area contributed by atoms with Crippen molar-refractivity contribution in [1.82, 2.24) is 5.32 Å². The van der Waals surface area contributed by atoms with Crippen LogP contribution in [0.25, 0.3) is 0 Å². The second-order valence-electron chi connectivity index (χ2n) is 4.71. The van der Waals surface area contributed by atoms with Crippen LogP contribution in [-0.4, -0.2) is 37.0 Å². The Kier molecular flexibility index (Phi) is 4.56. The van der Waals surface area contributed by atoms with Crippen LogP contribution in [-0.2, 0) is 4.74 Å². The summed E-state index contributed by atoms with van der Waals surface area (Å²) in [5.41, 5.74) is 0.281. The zero-order valence-corrected chi connectivity index (χ0v) is 10.4. The van der Waals surface area contributed by atoms with Crippen LogP contribution in [0, 0.1) is 5.41 Å². The van der Waals surface area contributed by atoms with E-state index in [9.17, 15) is 5.11 Å². The van der Waals surface area contributed by atoms with Gasteiger partial charge >= 0.3 is 0 Å². The van der Waals surface area contributed by atoms with E-state index in [1.807, 2.05) is 6.92 Å². The van der Waals surface area contributed by atoms with Gasteiger partial charge in [0.15, 0.2) is 0 Å². The van der Waals surface area contributed by atoms with Crippen molar-refractivity contribution < 1.29 is 9.84 Å². The summed E-state index contributed by atoms with van der Waals surface area (Å²) in [5.74, 6) is 0. The quantitative estimate of drug-likeness (QED) is 0.706. The average molecular weight is 215 g/mol. The highest BCUT2D eigenvalue weighted by molar-refractivity contribution is 5.06. The maximum atomic E-state index is 9.27. The van der Waals surface area contributed by atoms with E-state index in [-0.39, 0.29) is 11.5 Å². The topological polar surface area (TPSA) is 41.5 Å². The Morgan fingerprint density at radius 1 is 1.47 bits per heavy atom. The van der Waals surface area contributed by atoms with Crippen LogP contribution in [0.4, 0.5) is 0 Å². The van der Waals surface area contributed by atoms with Crippen molar-refractivity contribution in [3.05, 3.63) is 0 Å². The minimum atomic E-state index is -0.266. The van der Waals surface area contributed by atoms with Gasteiger partial charge in [-0.1, -0.05) is 13.8 Å². The molecule has 0 spiro atoms. The highest BCUT2D eigenvalue weighted by atomic mass is 16.5. The number of hydrogen-bond donors (Lipinski definition) is 2. The maximum absolute atomic E-state index is 9.27. The molecule has 0 amide bonds. The third kappa shape index (κ3) is 2.35. The lowest BCUT2D eigenvalue weighted by Gasteiger charge is -2.55. The molecule has 1 rings (SSSR count). The second kappa shape index (κ2) is 5.28. The standard InChI is InChI=1S/C12H25NO2/c1-5-12(6-2)10(7-11(12)15-4)13-8-9(3)14/h9-11,13-14H,5-8H2,1-4H3/t9-,10+,11-/m0/s1. The summed E-state index contributed by atoms with van der Waals surface area (Å²) in [6.07, 6.45) is 3.47. The van der Waals surface area contributed by atoms with Crippen LogP contribution < -0.4 is 5.32 Å². The molecule has 3 atom stereocenters. The minimum Gasteiger partial charge on any atom is -0.392 e. The predicted octanol–water partition coefficient (Wildman–Crippen LogP) is 1.55. The van der Waals surface area contributed by atoms with Gasteiger partial charge in [-0.05, 0) is 26.2 Å². The van der Waals surface area contributed by atoms with Crippen LogP contribution in [0.2, 0.25) is 0 Å². The van der Waals surface area contributed by atoms with Gasteiger partial charge in [-0.25, -0.2) is 0 Å². The zero-order valence-electron chi connectivity index (χ0n) is 10.4. The van der Waals surface area contributed by atoms with Crippen LogP contribution >= 0.6 is 0 Å². The minimum absolute atomic E-state index is 0.266. The Bertz CT molecular complexity index is 190. The summed E-state index contributed by atoms with van der Waals surface area (Å²) in [4.78, 5) is 0. The largest absolute Gasteiger partial charge is 0.392 e. The van der Waals surface area contributed by atoms with E-state index in [1.165, 1.54) is 0 Å². The highest BCUT2D eigenvalue weighted by Crippen LogP contribution is 2.48. The van der Waals surface area contributed by atoms with Gasteiger partial charge in [0.2, 0.25) is 0 Å². The predicted molar refractivity (Wildman–Crippen MR) is 61.9 cm³/mol. The summed E-state index contributed by atoms with van der Waals surface area (Å²) in [7, 11) is 1.80. The molecule has 3 heteroatoms. The Labute approximate surface area is 93.2 Å². The third-order valence-electron chi connectivity index (χ3n) is 4.05. The van der Waals surface area contributed by atoms with Crippen molar-refractivity contribution in [1.29, 1.82) is 0 Å². The van der Waals surface area contributed by atoms with E-state index in [4.69, 9.17) is 4.74 Å². The first kappa shape index (κ1) is 12.9. The molecular formula is C12H25NO2. The lowest BCUT2D eigenvalue weighted by molar-refractivity contribution is -0.125. The zero-order chi connectivity index (χ0) is 11.5. The Balaban J connectivity index is 2.52. The molecule has 0 aliphatic heterocycles. The summed E-state index contributed by atoms with van der Waals surface area (Å²) < 4.78 is 5.52. The van der Waals surface area contributed by atoms with Gasteiger partial charge in [0.05, 0.1) is 12.2 Å². The monoisotopic (exact) mass is 215 g/mol. The lowest BCUT2D eigenvalue weighted by atomic mass is 9.58. The van der Waals surface area contributed by atoms with Crippen molar-refractivity contribution in [3.63, 3.8) is 0 Å². The average Bonchev–Trinajstić information content (AvgIpc) is 2.18. The first-order valence-corrected chi connectivity index (χ1v) is 6.05. The van der Waals surface area contributed by atoms with Crippen LogP contribution in [0.1, 0.15) is 40.0 Å². The van der Waals surface area contributed by atoms with E-state index >= 15 is 0 Å². The molecule has 1 fully saturated rings. The van der Waals surface area contributed by atoms with Crippen molar-refractivity contribution in [2.45, 2.75) is 58.3 Å². The van der Waals surface area contributed by atoms with Crippen molar-refractivity contribution >= 4 is 0 Å². The molecule has 0 aromatic carbocycles. The number of rotatable bonds is 6. The van der Waals surface area contributed by atoms with E-state index in [1.54, 1.807) is 7.11 Å². The summed E-state index contributed by atoms with van der Waals surface area (Å²) in [6, 6.07) is 0.507. The third-order valence-corrected chi connectivity index (χ3v) is 4.05. The molecular weight excluding hydrogens is 190 g/mol. The molecule has 15 heavy (non-hydrogen) atoms. The fraction of sp³-hybridized carbons (Fsp3) is 1.00. The fourth-order valence-electron chi connectivity index (χ4n) is 2.88. The molecule has 0 aromatic heterocycles. The fourth-order valence-corrected chi connectivity index (χ4v) is 2.88. The molecule has 0 saturated heterocycles. The van der Waals surface area contributed by atoms with Crippen LogP contribution in [0.5, 0.6) is 0 Å². The van der Waals surface area contributed by atoms with Crippen LogP contribution in [0.15, 0.2) is 0 Å². The van der Waals surface area contributed by atoms with Gasteiger partial charge < -0.3 is 15.2 Å². The molecule has 1 saturated carbocycles. The molecule has 90 valence electrons. The first-order valence-electron chi connectivity index (χ1n) is 6.05. The maximum Gasteiger partial charge on any atom is 0.0657 e. The molecule has 0 heterocycles. The smallest absolute Gasteiger partial charge is 0.0657 e. The number of aliphatic hydroxyl groups is 1. The Morgan fingerprint density at radius 2 is 2.07 bits per heavy atom. The van der Waals surface area contributed by atoms with E-state index in [2.05, 4.69) is 19.2 Å². The van der Waals surface area contributed by atoms with Gasteiger partial charge in [0, 0.05) is 25.1 Å². The molecule has 0 unspecified atom stereocenters. The number of nitrogens with one attached hydrogen (secondary N) is 1. The van der Waals surface area contributed by atoms with E-state index in [0.29, 0.717) is 18.7 Å². The second-order valence-corrected chi connectivity index (χ2v) is 4.71. The Morgan fingerprint density at radius 3 is 2.47 bits per heavy atom. The number of methoxy groups -OCH3 is 1.